The first-order chi connectivity index (χ1) is 12.6. The van der Waals surface area contributed by atoms with E-state index in [2.05, 4.69) is 34.5 Å². The molecule has 5 nitrogen and oxygen atoms in total. The van der Waals surface area contributed by atoms with Crippen LogP contribution in [-0.4, -0.2) is 53.8 Å². The van der Waals surface area contributed by atoms with E-state index in [1.165, 1.54) is 12.0 Å². The average molecular weight is 357 g/mol. The Balaban J connectivity index is 1.49. The van der Waals surface area contributed by atoms with Gasteiger partial charge >= 0.3 is 0 Å². The third-order valence-corrected chi connectivity index (χ3v) is 5.52. The van der Waals surface area contributed by atoms with Crippen molar-refractivity contribution in [2.45, 2.75) is 51.6 Å². The van der Waals surface area contributed by atoms with Gasteiger partial charge in [0.1, 0.15) is 6.04 Å². The van der Waals surface area contributed by atoms with Crippen LogP contribution < -0.4 is 5.32 Å². The van der Waals surface area contributed by atoms with Gasteiger partial charge in [-0.1, -0.05) is 30.3 Å². The number of hydrogen-bond acceptors (Lipinski definition) is 3. The van der Waals surface area contributed by atoms with Crippen molar-refractivity contribution in [1.82, 2.24) is 15.1 Å². The van der Waals surface area contributed by atoms with E-state index in [1.54, 1.807) is 0 Å². The highest BCUT2D eigenvalue weighted by molar-refractivity contribution is 5.88. The smallest absolute Gasteiger partial charge is 0.244 e. The van der Waals surface area contributed by atoms with Crippen LogP contribution in [0.5, 0.6) is 0 Å². The summed E-state index contributed by atoms with van der Waals surface area (Å²) in [7, 11) is 0. The van der Waals surface area contributed by atoms with Gasteiger partial charge < -0.3 is 10.2 Å². The number of carbonyl (C=O) groups excluding carboxylic acids is 2. The molecule has 2 fully saturated rings. The molecule has 3 rings (SSSR count). The van der Waals surface area contributed by atoms with E-state index >= 15 is 0 Å². The van der Waals surface area contributed by atoms with Crippen LogP contribution in [-0.2, 0) is 16.1 Å². The Kier molecular flexibility index (Phi) is 6.67. The maximum atomic E-state index is 12.7. The molecule has 26 heavy (non-hydrogen) atoms. The van der Waals surface area contributed by atoms with Crippen LogP contribution in [0.3, 0.4) is 0 Å². The van der Waals surface area contributed by atoms with Crippen molar-refractivity contribution in [3.05, 3.63) is 35.9 Å². The van der Waals surface area contributed by atoms with Crippen molar-refractivity contribution in [3.8, 4) is 0 Å². The van der Waals surface area contributed by atoms with E-state index < -0.39 is 6.04 Å². The molecule has 0 spiro atoms. The van der Waals surface area contributed by atoms with E-state index in [0.717, 1.165) is 58.4 Å². The largest absolute Gasteiger partial charge is 0.344 e. The van der Waals surface area contributed by atoms with Crippen molar-refractivity contribution < 1.29 is 9.59 Å². The van der Waals surface area contributed by atoms with Crippen LogP contribution in [0, 0.1) is 5.92 Å². The van der Waals surface area contributed by atoms with E-state index in [-0.39, 0.29) is 17.7 Å². The molecule has 0 aliphatic carbocycles. The molecule has 2 atom stereocenters. The highest BCUT2D eigenvalue weighted by Gasteiger charge is 2.29. The highest BCUT2D eigenvalue weighted by Crippen LogP contribution is 2.19. The second kappa shape index (κ2) is 9.17. The molecule has 2 aliphatic rings. The SMILES string of the molecule is C[C@H](NC(=O)C1CCCN(Cc2ccccc2)C1)C(=O)N1CCCCC1. The first-order valence-electron chi connectivity index (χ1n) is 9.99. The van der Waals surface area contributed by atoms with Gasteiger partial charge in [0.2, 0.25) is 11.8 Å². The third kappa shape index (κ3) is 5.07. The number of carbonyl (C=O) groups is 2. The number of benzene rings is 1. The lowest BCUT2D eigenvalue weighted by Gasteiger charge is -2.33. The zero-order valence-corrected chi connectivity index (χ0v) is 15.8. The second-order valence-electron chi connectivity index (χ2n) is 7.68. The maximum Gasteiger partial charge on any atom is 0.244 e. The van der Waals surface area contributed by atoms with Gasteiger partial charge in [0, 0.05) is 26.2 Å². The Morgan fingerprint density at radius 1 is 1.08 bits per heavy atom. The summed E-state index contributed by atoms with van der Waals surface area (Å²) in [6.45, 7) is 6.15. The van der Waals surface area contributed by atoms with Crippen LogP contribution in [0.4, 0.5) is 0 Å². The lowest BCUT2D eigenvalue weighted by Crippen LogP contribution is -2.51. The minimum Gasteiger partial charge on any atom is -0.344 e. The first-order valence-corrected chi connectivity index (χ1v) is 9.99. The minimum absolute atomic E-state index is 0.0240. The molecule has 0 saturated carbocycles. The van der Waals surface area contributed by atoms with Crippen LogP contribution in [0.25, 0.3) is 0 Å². The van der Waals surface area contributed by atoms with Gasteiger partial charge in [0.25, 0.3) is 0 Å². The Morgan fingerprint density at radius 2 is 1.81 bits per heavy atom. The highest BCUT2D eigenvalue weighted by atomic mass is 16.2. The summed E-state index contributed by atoms with van der Waals surface area (Å²) >= 11 is 0. The number of hydrogen-bond donors (Lipinski definition) is 1. The van der Waals surface area contributed by atoms with Crippen molar-refractivity contribution >= 4 is 11.8 Å². The molecular weight excluding hydrogens is 326 g/mol. The Labute approximate surface area is 156 Å². The first kappa shape index (κ1) is 18.9. The molecule has 2 aliphatic heterocycles. The molecule has 2 amide bonds. The number of rotatable bonds is 5. The van der Waals surface area contributed by atoms with E-state index in [9.17, 15) is 9.59 Å². The number of nitrogens with one attached hydrogen (secondary N) is 1. The molecule has 142 valence electrons. The normalized spacial score (nSPS) is 22.7. The van der Waals surface area contributed by atoms with Crippen molar-refractivity contribution in [2.24, 2.45) is 5.92 Å². The van der Waals surface area contributed by atoms with Crippen LogP contribution in [0.1, 0.15) is 44.6 Å². The molecule has 0 radical (unpaired) electrons. The Hall–Kier alpha value is -1.88. The van der Waals surface area contributed by atoms with Gasteiger partial charge in [-0.2, -0.15) is 0 Å². The van der Waals surface area contributed by atoms with Crippen LogP contribution in [0.2, 0.25) is 0 Å². The fourth-order valence-electron chi connectivity index (χ4n) is 4.04. The van der Waals surface area contributed by atoms with E-state index in [4.69, 9.17) is 0 Å². The van der Waals surface area contributed by atoms with Crippen molar-refractivity contribution in [3.63, 3.8) is 0 Å². The molecular formula is C21H31N3O2. The van der Waals surface area contributed by atoms with E-state index in [1.807, 2.05) is 17.9 Å². The van der Waals surface area contributed by atoms with Gasteiger partial charge in [-0.15, -0.1) is 0 Å². The summed E-state index contributed by atoms with van der Waals surface area (Å²) in [4.78, 5) is 29.5. The fraction of sp³-hybridized carbons (Fsp3) is 0.619. The lowest BCUT2D eigenvalue weighted by atomic mass is 9.96. The second-order valence-corrected chi connectivity index (χ2v) is 7.68. The summed E-state index contributed by atoms with van der Waals surface area (Å²) < 4.78 is 0. The quantitative estimate of drug-likeness (QED) is 0.880. The maximum absolute atomic E-state index is 12.7. The third-order valence-electron chi connectivity index (χ3n) is 5.52. The van der Waals surface area contributed by atoms with Gasteiger partial charge in [-0.25, -0.2) is 0 Å². The number of nitrogens with zero attached hydrogens (tertiary/aromatic N) is 2. The van der Waals surface area contributed by atoms with Gasteiger partial charge in [-0.05, 0) is 51.1 Å². The van der Waals surface area contributed by atoms with Crippen LogP contribution in [0.15, 0.2) is 30.3 Å². The Morgan fingerprint density at radius 3 is 2.54 bits per heavy atom. The molecule has 1 aromatic carbocycles. The predicted molar refractivity (Wildman–Crippen MR) is 102 cm³/mol. The van der Waals surface area contributed by atoms with Crippen molar-refractivity contribution in [2.75, 3.05) is 26.2 Å². The summed E-state index contributed by atoms with van der Waals surface area (Å²) in [5.74, 6) is 0.0692. The standard InChI is InChI=1S/C21H31N3O2/c1-17(21(26)24-13-6-3-7-14-24)22-20(25)19-11-8-12-23(16-19)15-18-9-4-2-5-10-18/h2,4-5,9-10,17,19H,3,6-8,11-16H2,1H3,(H,22,25)/t17-,19?/m0/s1. The molecule has 2 saturated heterocycles. The molecule has 0 bridgehead atoms. The zero-order chi connectivity index (χ0) is 18.4. The van der Waals surface area contributed by atoms with Crippen molar-refractivity contribution in [1.29, 1.82) is 0 Å². The molecule has 0 aromatic heterocycles. The van der Waals surface area contributed by atoms with Crippen LogP contribution >= 0.6 is 0 Å². The van der Waals surface area contributed by atoms with Gasteiger partial charge in [0.15, 0.2) is 0 Å². The monoisotopic (exact) mass is 357 g/mol. The Bertz CT molecular complexity index is 599. The van der Waals surface area contributed by atoms with Gasteiger partial charge in [0.05, 0.1) is 5.92 Å². The average Bonchev–Trinajstić information content (AvgIpc) is 2.69. The minimum atomic E-state index is -0.426. The molecule has 1 aromatic rings. The predicted octanol–water partition coefficient (Wildman–Crippen LogP) is 2.42. The summed E-state index contributed by atoms with van der Waals surface area (Å²) in [6.07, 6.45) is 5.28. The molecule has 5 heteroatoms. The topological polar surface area (TPSA) is 52.7 Å². The number of piperidine rings is 2. The van der Waals surface area contributed by atoms with E-state index in [0.29, 0.717) is 0 Å². The zero-order valence-electron chi connectivity index (χ0n) is 15.8. The summed E-state index contributed by atoms with van der Waals surface area (Å²) in [5.41, 5.74) is 1.28. The molecule has 1 unspecified atom stereocenters. The fourth-order valence-corrected chi connectivity index (χ4v) is 4.04. The number of amides is 2. The summed E-state index contributed by atoms with van der Waals surface area (Å²) in [6, 6.07) is 9.96. The molecule has 1 N–H and O–H groups in total. The van der Waals surface area contributed by atoms with Gasteiger partial charge in [-0.3, -0.25) is 14.5 Å². The molecule has 2 heterocycles. The lowest BCUT2D eigenvalue weighted by molar-refractivity contribution is -0.138. The number of likely N-dealkylation sites (tertiary alicyclic amines) is 2. The summed E-state index contributed by atoms with van der Waals surface area (Å²) in [5, 5.41) is 2.97.